The van der Waals surface area contributed by atoms with E-state index in [4.69, 9.17) is 15.2 Å². The van der Waals surface area contributed by atoms with E-state index in [0.717, 1.165) is 62.4 Å². The van der Waals surface area contributed by atoms with E-state index in [-0.39, 0.29) is 41.6 Å². The van der Waals surface area contributed by atoms with Gasteiger partial charge in [0, 0.05) is 37.7 Å². The molecule has 2 aromatic heterocycles. The zero-order chi connectivity index (χ0) is 35.3. The van der Waals surface area contributed by atoms with Gasteiger partial charge in [0.25, 0.3) is 0 Å². The second-order valence-corrected chi connectivity index (χ2v) is 14.6. The summed E-state index contributed by atoms with van der Waals surface area (Å²) in [6.45, 7) is 4.37. The summed E-state index contributed by atoms with van der Waals surface area (Å²) in [4.78, 5) is 31.8. The summed E-state index contributed by atoms with van der Waals surface area (Å²) in [7, 11) is 0. The van der Waals surface area contributed by atoms with Gasteiger partial charge in [0.15, 0.2) is 5.82 Å². The van der Waals surface area contributed by atoms with E-state index >= 15 is 0 Å². The number of phenolic OH excluding ortho intramolecular Hbond substituents is 1. The van der Waals surface area contributed by atoms with Gasteiger partial charge in [-0.3, -0.25) is 19.8 Å². The second-order valence-electron chi connectivity index (χ2n) is 14.6. The lowest BCUT2D eigenvalue weighted by molar-refractivity contribution is -0.134. The number of ether oxygens (including phenoxy) is 2. The maximum absolute atomic E-state index is 12.8. The van der Waals surface area contributed by atoms with Crippen molar-refractivity contribution in [2.75, 3.05) is 54.9 Å². The molecule has 5 fully saturated rings. The Morgan fingerprint density at radius 1 is 0.923 bits per heavy atom. The number of carbonyl (C=O) groups excluding carboxylic acids is 2. The number of hydrogen-bond donors (Lipinski definition) is 3. The third kappa shape index (κ3) is 5.99. The van der Waals surface area contributed by atoms with Crippen LogP contribution in [0.5, 0.6) is 11.5 Å². The van der Waals surface area contributed by atoms with Crippen molar-refractivity contribution in [3.63, 3.8) is 0 Å². The topological polar surface area (TPSA) is 164 Å². The molecule has 1 unspecified atom stereocenters. The van der Waals surface area contributed by atoms with Crippen molar-refractivity contribution < 1.29 is 24.2 Å². The highest BCUT2D eigenvalue weighted by molar-refractivity contribution is 6.02. The van der Waals surface area contributed by atoms with Gasteiger partial charge in [-0.1, -0.05) is 24.3 Å². The molecule has 14 heteroatoms. The number of carbonyl (C=O) groups is 2. The third-order valence-electron chi connectivity index (χ3n) is 11.5. The molecule has 7 heterocycles. The van der Waals surface area contributed by atoms with Gasteiger partial charge in [-0.15, -0.1) is 10.2 Å². The number of anilines is 3. The number of rotatable bonds is 6. The fourth-order valence-corrected chi connectivity index (χ4v) is 8.92. The fourth-order valence-electron chi connectivity index (χ4n) is 8.92. The molecule has 2 bridgehead atoms. The minimum Gasteiger partial charge on any atom is -0.507 e. The molecule has 4 aromatic rings. The van der Waals surface area contributed by atoms with Gasteiger partial charge in [-0.05, 0) is 67.9 Å². The summed E-state index contributed by atoms with van der Waals surface area (Å²) in [6, 6.07) is 15.5. The van der Waals surface area contributed by atoms with E-state index in [1.165, 1.54) is 5.56 Å². The minimum atomic E-state index is -0.352. The predicted molar refractivity (Wildman–Crippen MR) is 194 cm³/mol. The first-order valence-corrected chi connectivity index (χ1v) is 18.3. The van der Waals surface area contributed by atoms with Gasteiger partial charge in [0.2, 0.25) is 11.8 Å². The van der Waals surface area contributed by atoms with Crippen LogP contribution in [0, 0.1) is 0 Å². The number of phenols is 1. The summed E-state index contributed by atoms with van der Waals surface area (Å²) < 4.78 is 14.4. The molecule has 10 rings (SSSR count). The number of fused-ring (bicyclic) bond motifs is 5. The smallest absolute Gasteiger partial charge is 0.249 e. The Morgan fingerprint density at radius 2 is 1.79 bits per heavy atom. The average molecular weight is 706 g/mol. The molecular weight excluding hydrogens is 662 g/mol. The lowest BCUT2D eigenvalue weighted by Gasteiger charge is -2.44. The first-order valence-electron chi connectivity index (χ1n) is 18.3. The molecule has 3 atom stereocenters. The summed E-state index contributed by atoms with van der Waals surface area (Å²) in [5, 5.41) is 25.9. The van der Waals surface area contributed by atoms with Crippen LogP contribution in [0.4, 0.5) is 17.2 Å². The van der Waals surface area contributed by atoms with E-state index < -0.39 is 0 Å². The molecule has 1 aliphatic carbocycles. The van der Waals surface area contributed by atoms with Gasteiger partial charge in [-0.2, -0.15) is 5.10 Å². The van der Waals surface area contributed by atoms with Crippen LogP contribution < -0.4 is 25.6 Å². The van der Waals surface area contributed by atoms with Gasteiger partial charge in [-0.25, -0.2) is 4.68 Å². The number of imide groups is 1. The highest BCUT2D eigenvalue weighted by atomic mass is 16.5. The summed E-state index contributed by atoms with van der Waals surface area (Å²) in [5.74, 6) is 1.25. The zero-order valence-corrected chi connectivity index (χ0v) is 28.9. The number of benzene rings is 2. The van der Waals surface area contributed by atoms with Crippen LogP contribution in [-0.4, -0.2) is 105 Å². The normalized spacial score (nSPS) is 26.4. The van der Waals surface area contributed by atoms with E-state index in [2.05, 4.69) is 47.4 Å². The first kappa shape index (κ1) is 32.7. The summed E-state index contributed by atoms with van der Waals surface area (Å²) in [6.07, 6.45) is 9.15. The number of morpholine rings is 1. The largest absolute Gasteiger partial charge is 0.507 e. The molecule has 14 nitrogen and oxygen atoms in total. The van der Waals surface area contributed by atoms with E-state index in [0.29, 0.717) is 61.5 Å². The minimum absolute atomic E-state index is 0.0907. The number of para-hydroxylation sites is 2. The highest BCUT2D eigenvalue weighted by Crippen LogP contribution is 2.45. The molecule has 270 valence electrons. The Hall–Kier alpha value is -5.21. The van der Waals surface area contributed by atoms with E-state index in [9.17, 15) is 14.7 Å². The Bertz CT molecular complexity index is 1990. The quantitative estimate of drug-likeness (QED) is 0.252. The molecule has 6 aliphatic rings. The lowest BCUT2D eigenvalue weighted by atomic mass is 9.80. The molecule has 5 aliphatic heterocycles. The summed E-state index contributed by atoms with van der Waals surface area (Å²) in [5.41, 5.74) is 11.1. The standard InChI is InChI=1S/C38H43N9O5/c39-37-33(16-30(42-43-37)29-4-1-2-7-34(29)48)47-19-25(17-40-47)44-18-26-22-52-27(20-44)21-46(26)24-10-8-23(9-11-24)28-5-3-6-31-36(28)51-15-14-45(31)32-12-13-35(49)41-38(32)50/h1-7,16-17,19,23-24,26-27,32,48H,8-15,18,20-22H2,(H2,39,43)(H,41,49,50)/t23?,24?,26-,27?,32+/m0/s1. The van der Waals surface area contributed by atoms with Crippen LogP contribution in [0.3, 0.4) is 0 Å². The molecular formula is C38H43N9O5. The van der Waals surface area contributed by atoms with Crippen molar-refractivity contribution in [2.24, 2.45) is 0 Å². The van der Waals surface area contributed by atoms with Crippen molar-refractivity contribution in [1.29, 1.82) is 0 Å². The Labute approximate surface area is 301 Å². The SMILES string of the molecule is Nc1nnc(-c2ccccc2O)cc1-n1cc(N2CC3CN(C4CCC(c5cccc6c5OCCN6[C@@H]5CCC(=O)NC5=O)CC4)[C@H](CO3)C2)cn1. The molecule has 52 heavy (non-hydrogen) atoms. The molecule has 2 aromatic carbocycles. The fraction of sp³-hybridized carbons (Fsp3) is 0.447. The number of aromatic hydroxyl groups is 1. The number of nitrogens with two attached hydrogens (primary N) is 1. The Morgan fingerprint density at radius 3 is 2.63 bits per heavy atom. The van der Waals surface area contributed by atoms with Crippen LogP contribution in [0.1, 0.15) is 50.0 Å². The van der Waals surface area contributed by atoms with Crippen molar-refractivity contribution in [3.05, 3.63) is 66.5 Å². The number of amides is 2. The Balaban J connectivity index is 0.874. The average Bonchev–Trinajstić information content (AvgIpc) is 3.47. The molecule has 0 radical (unpaired) electrons. The number of piperidine rings is 1. The lowest BCUT2D eigenvalue weighted by Crippen LogP contribution is -2.54. The molecule has 4 saturated heterocycles. The zero-order valence-electron chi connectivity index (χ0n) is 28.9. The van der Waals surface area contributed by atoms with Gasteiger partial charge >= 0.3 is 0 Å². The van der Waals surface area contributed by atoms with Crippen LogP contribution >= 0.6 is 0 Å². The van der Waals surface area contributed by atoms with Gasteiger partial charge in [0.05, 0.1) is 54.8 Å². The van der Waals surface area contributed by atoms with Crippen molar-refractivity contribution in [3.8, 4) is 28.4 Å². The molecule has 2 amide bonds. The van der Waals surface area contributed by atoms with Crippen molar-refractivity contribution in [1.82, 2.24) is 30.2 Å². The van der Waals surface area contributed by atoms with Crippen LogP contribution in [-0.2, 0) is 14.3 Å². The number of aromatic nitrogens is 4. The van der Waals surface area contributed by atoms with E-state index in [1.54, 1.807) is 28.9 Å². The number of nitrogens with zero attached hydrogens (tertiary/aromatic N) is 7. The first-order chi connectivity index (χ1) is 25.4. The van der Waals surface area contributed by atoms with Gasteiger partial charge in [0.1, 0.15) is 29.8 Å². The number of nitrogen functional groups attached to an aromatic ring is 1. The third-order valence-corrected chi connectivity index (χ3v) is 11.5. The number of nitrogens with one attached hydrogen (secondary N) is 1. The second kappa shape index (κ2) is 13.4. The Kier molecular flexibility index (Phi) is 8.42. The predicted octanol–water partition coefficient (Wildman–Crippen LogP) is 3.24. The molecule has 1 saturated carbocycles. The van der Waals surface area contributed by atoms with Crippen LogP contribution in [0.15, 0.2) is 60.9 Å². The van der Waals surface area contributed by atoms with Crippen molar-refractivity contribution in [2.45, 2.75) is 68.7 Å². The van der Waals surface area contributed by atoms with Crippen LogP contribution in [0.2, 0.25) is 0 Å². The van der Waals surface area contributed by atoms with Crippen molar-refractivity contribution >= 4 is 29.0 Å². The van der Waals surface area contributed by atoms with Gasteiger partial charge < -0.3 is 30.1 Å². The monoisotopic (exact) mass is 705 g/mol. The molecule has 4 N–H and O–H groups in total. The van der Waals surface area contributed by atoms with Crippen LogP contribution in [0.25, 0.3) is 16.9 Å². The highest BCUT2D eigenvalue weighted by Gasteiger charge is 2.41. The summed E-state index contributed by atoms with van der Waals surface area (Å²) >= 11 is 0. The molecule has 0 spiro atoms. The van der Waals surface area contributed by atoms with E-state index in [1.807, 2.05) is 24.5 Å². The number of hydrogen-bond acceptors (Lipinski definition) is 12. The maximum Gasteiger partial charge on any atom is 0.249 e. The maximum atomic E-state index is 12.8.